The number of nitrogens with zero attached hydrogens (tertiary/aromatic N) is 4. The third-order valence-corrected chi connectivity index (χ3v) is 3.54. The Balaban J connectivity index is 1.77. The Labute approximate surface area is 129 Å². The molecule has 0 aliphatic carbocycles. The van der Waals surface area contributed by atoms with E-state index in [2.05, 4.69) is 48.4 Å². The second-order valence-electron chi connectivity index (χ2n) is 4.21. The normalized spacial score (nSPS) is 10.9. The van der Waals surface area contributed by atoms with Crippen molar-refractivity contribution < 1.29 is 0 Å². The summed E-state index contributed by atoms with van der Waals surface area (Å²) in [6.07, 6.45) is 2.57. The highest BCUT2D eigenvalue weighted by Crippen LogP contribution is 2.19. The minimum Gasteiger partial charge on any atom is -0.367 e. The molecule has 2 aromatic heterocycles. The third kappa shape index (κ3) is 2.76. The molecular formula is C13H11BrClN5. The van der Waals surface area contributed by atoms with Gasteiger partial charge < -0.3 is 5.32 Å². The fraction of sp³-hybridized carbons (Fsp3) is 0.154. The van der Waals surface area contributed by atoms with Gasteiger partial charge in [0.05, 0.1) is 6.20 Å². The molecule has 5 nitrogen and oxygen atoms in total. The summed E-state index contributed by atoms with van der Waals surface area (Å²) in [6.45, 7) is 0.748. The van der Waals surface area contributed by atoms with Crippen molar-refractivity contribution >= 4 is 39.0 Å². The van der Waals surface area contributed by atoms with Crippen LogP contribution >= 0.6 is 27.5 Å². The Hall–Kier alpha value is -1.66. The lowest BCUT2D eigenvalue weighted by Crippen LogP contribution is -2.09. The van der Waals surface area contributed by atoms with Crippen molar-refractivity contribution in [3.8, 4) is 0 Å². The van der Waals surface area contributed by atoms with Gasteiger partial charge in [-0.2, -0.15) is 4.98 Å². The van der Waals surface area contributed by atoms with Gasteiger partial charge in [0.2, 0.25) is 5.28 Å². The summed E-state index contributed by atoms with van der Waals surface area (Å²) in [5, 5.41) is 7.51. The lowest BCUT2D eigenvalue weighted by molar-refractivity contribution is 0.877. The van der Waals surface area contributed by atoms with Crippen LogP contribution in [0.3, 0.4) is 0 Å². The molecule has 1 N–H and O–H groups in total. The van der Waals surface area contributed by atoms with Gasteiger partial charge in [-0.25, -0.2) is 9.50 Å². The zero-order valence-corrected chi connectivity index (χ0v) is 12.8. The molecule has 0 aliphatic heterocycles. The fourth-order valence-corrected chi connectivity index (χ4v) is 2.43. The molecule has 0 saturated carbocycles. The number of benzene rings is 1. The zero-order valence-electron chi connectivity index (χ0n) is 10.4. The number of imidazole rings is 1. The number of rotatable bonds is 4. The first-order valence-corrected chi connectivity index (χ1v) is 7.26. The lowest BCUT2D eigenvalue weighted by Gasteiger charge is -2.07. The van der Waals surface area contributed by atoms with Gasteiger partial charge in [-0.3, -0.25) is 0 Å². The van der Waals surface area contributed by atoms with Crippen molar-refractivity contribution in [3.05, 3.63) is 52.0 Å². The van der Waals surface area contributed by atoms with Crippen molar-refractivity contribution in [2.24, 2.45) is 0 Å². The number of fused-ring (bicyclic) bond motifs is 1. The van der Waals surface area contributed by atoms with Crippen molar-refractivity contribution in [1.82, 2.24) is 19.6 Å². The Morgan fingerprint density at radius 1 is 1.25 bits per heavy atom. The van der Waals surface area contributed by atoms with Crippen molar-refractivity contribution in [2.45, 2.75) is 6.42 Å². The van der Waals surface area contributed by atoms with E-state index in [1.807, 2.05) is 18.2 Å². The maximum absolute atomic E-state index is 5.92. The zero-order chi connectivity index (χ0) is 13.9. The monoisotopic (exact) mass is 351 g/mol. The number of anilines is 1. The largest absolute Gasteiger partial charge is 0.367 e. The van der Waals surface area contributed by atoms with E-state index < -0.39 is 0 Å². The van der Waals surface area contributed by atoms with Gasteiger partial charge in [-0.15, -0.1) is 5.10 Å². The van der Waals surface area contributed by atoms with Crippen LogP contribution in [0, 0.1) is 0 Å². The molecule has 3 aromatic rings. The highest BCUT2D eigenvalue weighted by Gasteiger charge is 2.10. The summed E-state index contributed by atoms with van der Waals surface area (Å²) in [7, 11) is 0. The van der Waals surface area contributed by atoms with Gasteiger partial charge in [-0.1, -0.05) is 30.3 Å². The molecule has 0 bridgehead atoms. The number of aromatic nitrogens is 4. The highest BCUT2D eigenvalue weighted by atomic mass is 79.9. The SMILES string of the molecule is Clc1nc(NCCc2ccccc2)c2ncc(Br)n2n1. The predicted molar refractivity (Wildman–Crippen MR) is 82.1 cm³/mol. The molecular weight excluding hydrogens is 342 g/mol. The lowest BCUT2D eigenvalue weighted by atomic mass is 10.1. The van der Waals surface area contributed by atoms with Gasteiger partial charge in [-0.05, 0) is 39.5 Å². The predicted octanol–water partition coefficient (Wildman–Crippen LogP) is 3.19. The molecule has 1 aromatic carbocycles. The van der Waals surface area contributed by atoms with E-state index in [1.165, 1.54) is 5.56 Å². The molecule has 0 spiro atoms. The van der Waals surface area contributed by atoms with E-state index >= 15 is 0 Å². The molecule has 0 amide bonds. The van der Waals surface area contributed by atoms with Gasteiger partial charge in [0.1, 0.15) is 4.60 Å². The first-order chi connectivity index (χ1) is 9.74. The van der Waals surface area contributed by atoms with Crippen LogP contribution in [0.15, 0.2) is 41.1 Å². The molecule has 0 saturated heterocycles. The average Bonchev–Trinajstić information content (AvgIpc) is 2.82. The first kappa shape index (κ1) is 13.3. The molecule has 0 radical (unpaired) electrons. The second kappa shape index (κ2) is 5.76. The van der Waals surface area contributed by atoms with Crippen LogP contribution in [0.25, 0.3) is 5.65 Å². The third-order valence-electron chi connectivity index (χ3n) is 2.84. The van der Waals surface area contributed by atoms with E-state index in [1.54, 1.807) is 10.7 Å². The number of hydrogen-bond donors (Lipinski definition) is 1. The van der Waals surface area contributed by atoms with E-state index in [0.717, 1.165) is 17.6 Å². The number of halogens is 2. The molecule has 0 aliphatic rings. The maximum Gasteiger partial charge on any atom is 0.243 e. The van der Waals surface area contributed by atoms with Gasteiger partial charge >= 0.3 is 0 Å². The molecule has 0 unspecified atom stereocenters. The van der Waals surface area contributed by atoms with E-state index in [9.17, 15) is 0 Å². The van der Waals surface area contributed by atoms with Crippen molar-refractivity contribution in [3.63, 3.8) is 0 Å². The van der Waals surface area contributed by atoms with Crippen LogP contribution in [-0.4, -0.2) is 26.1 Å². The van der Waals surface area contributed by atoms with Crippen LogP contribution in [-0.2, 0) is 6.42 Å². The van der Waals surface area contributed by atoms with E-state index in [0.29, 0.717) is 11.5 Å². The van der Waals surface area contributed by atoms with Crippen LogP contribution in [0.5, 0.6) is 0 Å². The topological polar surface area (TPSA) is 55.1 Å². The summed E-state index contributed by atoms with van der Waals surface area (Å²) in [4.78, 5) is 8.44. The van der Waals surface area contributed by atoms with Gasteiger partial charge in [0.25, 0.3) is 0 Å². The van der Waals surface area contributed by atoms with E-state index in [-0.39, 0.29) is 5.28 Å². The Bertz CT molecular complexity index is 728. The van der Waals surface area contributed by atoms with Crippen molar-refractivity contribution in [2.75, 3.05) is 11.9 Å². The highest BCUT2D eigenvalue weighted by molar-refractivity contribution is 9.10. The molecule has 7 heteroatoms. The van der Waals surface area contributed by atoms with Crippen LogP contribution in [0.1, 0.15) is 5.56 Å². The smallest absolute Gasteiger partial charge is 0.243 e. The Kier molecular flexibility index (Phi) is 3.84. The quantitative estimate of drug-likeness (QED) is 0.783. The van der Waals surface area contributed by atoms with Gasteiger partial charge in [0, 0.05) is 6.54 Å². The minimum atomic E-state index is 0.179. The van der Waals surface area contributed by atoms with Gasteiger partial charge in [0.15, 0.2) is 11.5 Å². The fourth-order valence-electron chi connectivity index (χ4n) is 1.92. The standard InChI is InChI=1S/C13H11BrClN5/c14-10-8-17-12-11(18-13(15)19-20(10)12)16-7-6-9-4-2-1-3-5-9/h1-5,8H,6-7H2,(H,16,18,19). The molecule has 0 atom stereocenters. The molecule has 0 fully saturated rings. The van der Waals surface area contributed by atoms with E-state index in [4.69, 9.17) is 11.6 Å². The average molecular weight is 353 g/mol. The van der Waals surface area contributed by atoms with Crippen LogP contribution < -0.4 is 5.32 Å². The summed E-state index contributed by atoms with van der Waals surface area (Å²) in [5.74, 6) is 0.631. The first-order valence-electron chi connectivity index (χ1n) is 6.08. The van der Waals surface area contributed by atoms with Crippen LogP contribution in [0.4, 0.5) is 5.82 Å². The van der Waals surface area contributed by atoms with Crippen LogP contribution in [0.2, 0.25) is 5.28 Å². The Morgan fingerprint density at radius 3 is 2.85 bits per heavy atom. The molecule has 20 heavy (non-hydrogen) atoms. The summed E-state index contributed by atoms with van der Waals surface area (Å²) >= 11 is 9.28. The summed E-state index contributed by atoms with van der Waals surface area (Å²) in [6, 6.07) is 10.3. The Morgan fingerprint density at radius 2 is 2.05 bits per heavy atom. The number of nitrogens with one attached hydrogen (secondary N) is 1. The molecule has 102 valence electrons. The molecule has 2 heterocycles. The summed E-state index contributed by atoms with van der Waals surface area (Å²) in [5.41, 5.74) is 1.91. The second-order valence-corrected chi connectivity index (χ2v) is 5.36. The summed E-state index contributed by atoms with van der Waals surface area (Å²) < 4.78 is 2.35. The maximum atomic E-state index is 5.92. The minimum absolute atomic E-state index is 0.179. The van der Waals surface area contributed by atoms with Crippen molar-refractivity contribution in [1.29, 1.82) is 0 Å². The number of hydrogen-bond acceptors (Lipinski definition) is 4. The molecule has 3 rings (SSSR count).